The minimum atomic E-state index is -0.936. The van der Waals surface area contributed by atoms with Crippen molar-refractivity contribution in [1.29, 1.82) is 0 Å². The van der Waals surface area contributed by atoms with Gasteiger partial charge in [-0.25, -0.2) is 9.59 Å². The maximum Gasteiger partial charge on any atom is 0.337 e. The Labute approximate surface area is 243 Å². The SMILES string of the molecule is Cc1ccc2cccc(C(=O)O)c2n1.Cc1ccc2cccc(C(=O)O)c2n1.Oc1ccc2ccccc2c1.[Ga]. The first-order valence-corrected chi connectivity index (χ1v) is 12.1. The molecule has 0 aliphatic carbocycles. The Morgan fingerprint density at radius 1 is 0.550 bits per heavy atom. The molecule has 6 rings (SSSR count). The monoisotopic (exact) mass is 587 g/mol. The summed E-state index contributed by atoms with van der Waals surface area (Å²) in [4.78, 5) is 30.2. The van der Waals surface area contributed by atoms with E-state index in [4.69, 9.17) is 15.3 Å². The molecule has 0 amide bonds. The largest absolute Gasteiger partial charge is 0.508 e. The molecule has 0 aliphatic heterocycles. The summed E-state index contributed by atoms with van der Waals surface area (Å²) in [7, 11) is 0. The molecule has 3 radical (unpaired) electrons. The van der Waals surface area contributed by atoms with E-state index < -0.39 is 11.9 Å². The average Bonchev–Trinajstić information content (AvgIpc) is 2.92. The van der Waals surface area contributed by atoms with E-state index in [1.165, 1.54) is 0 Å². The number of hydrogen-bond acceptors (Lipinski definition) is 5. The summed E-state index contributed by atoms with van der Waals surface area (Å²) in [6.07, 6.45) is 0. The molecule has 40 heavy (non-hydrogen) atoms. The Morgan fingerprint density at radius 3 is 1.45 bits per heavy atom. The first kappa shape index (κ1) is 29.9. The van der Waals surface area contributed by atoms with Crippen molar-refractivity contribution in [3.63, 3.8) is 0 Å². The van der Waals surface area contributed by atoms with Gasteiger partial charge in [0.25, 0.3) is 0 Å². The second-order valence-electron chi connectivity index (χ2n) is 8.80. The van der Waals surface area contributed by atoms with E-state index in [0.717, 1.165) is 32.9 Å². The number of aromatic nitrogens is 2. The fourth-order valence-electron chi connectivity index (χ4n) is 4.01. The number of carboxylic acid groups (broad SMARTS) is 2. The maximum absolute atomic E-state index is 10.9. The number of benzene rings is 4. The van der Waals surface area contributed by atoms with Gasteiger partial charge in [-0.05, 0) is 61.0 Å². The van der Waals surface area contributed by atoms with Crippen molar-refractivity contribution in [3.05, 3.63) is 126 Å². The molecule has 8 heteroatoms. The van der Waals surface area contributed by atoms with Gasteiger partial charge in [-0.15, -0.1) is 0 Å². The van der Waals surface area contributed by atoms with Crippen LogP contribution >= 0.6 is 0 Å². The number of phenolic OH excluding ortho intramolecular Hbond substituents is 1. The standard InChI is InChI=1S/2C11H9NO2.C10H8O.Ga/c2*1-7-5-6-8-3-2-4-9(11(13)14)10(8)12-7;11-10-6-5-8-3-1-2-4-9(8)7-10;/h2*2-6H,1H3,(H,13,14);1-7,11H;. The molecule has 0 spiro atoms. The van der Waals surface area contributed by atoms with Crippen LogP contribution in [-0.4, -0.2) is 57.0 Å². The summed E-state index contributed by atoms with van der Waals surface area (Å²) in [6.45, 7) is 3.69. The minimum absolute atomic E-state index is 0. The van der Waals surface area contributed by atoms with Gasteiger partial charge in [-0.2, -0.15) is 0 Å². The van der Waals surface area contributed by atoms with Gasteiger partial charge in [0.1, 0.15) is 5.75 Å². The molecule has 7 nitrogen and oxygen atoms in total. The summed E-state index contributed by atoms with van der Waals surface area (Å²) in [5.41, 5.74) is 3.27. The normalized spacial score (nSPS) is 10.1. The fraction of sp³-hybridized carbons (Fsp3) is 0.0625. The van der Waals surface area contributed by atoms with E-state index >= 15 is 0 Å². The summed E-state index contributed by atoms with van der Waals surface area (Å²) in [6, 6.07) is 31.1. The molecular weight excluding hydrogens is 562 g/mol. The Bertz CT molecular complexity index is 1730. The van der Waals surface area contributed by atoms with Crippen LogP contribution in [0.25, 0.3) is 32.6 Å². The molecule has 2 aromatic heterocycles. The topological polar surface area (TPSA) is 121 Å². The Balaban J connectivity index is 0.000000165. The van der Waals surface area contributed by atoms with E-state index in [1.54, 1.807) is 36.4 Å². The van der Waals surface area contributed by atoms with Gasteiger partial charge in [0.2, 0.25) is 0 Å². The second kappa shape index (κ2) is 13.4. The number of phenols is 1. The predicted octanol–water partition coefficient (Wildman–Crippen LogP) is 6.65. The number of carbonyl (C=O) groups is 2. The number of pyridine rings is 2. The number of nitrogens with zero attached hydrogens (tertiary/aromatic N) is 2. The van der Waals surface area contributed by atoms with Gasteiger partial charge in [0, 0.05) is 42.0 Å². The van der Waals surface area contributed by atoms with Gasteiger partial charge >= 0.3 is 11.9 Å². The molecule has 0 saturated carbocycles. The van der Waals surface area contributed by atoms with Crippen molar-refractivity contribution >= 4 is 64.3 Å². The number of rotatable bonds is 2. The molecular formula is C32H26GaN2O5. The Hall–Kier alpha value is -4.66. The molecule has 3 N–H and O–H groups in total. The summed E-state index contributed by atoms with van der Waals surface area (Å²) >= 11 is 0. The van der Waals surface area contributed by atoms with Gasteiger partial charge in [-0.1, -0.05) is 66.7 Å². The number of fused-ring (bicyclic) bond motifs is 3. The third-order valence-electron chi connectivity index (χ3n) is 5.91. The van der Waals surface area contributed by atoms with Crippen molar-refractivity contribution in [2.24, 2.45) is 0 Å². The number of hydrogen-bond donors (Lipinski definition) is 3. The number of para-hydroxylation sites is 2. The third-order valence-corrected chi connectivity index (χ3v) is 5.91. The molecule has 0 fully saturated rings. The zero-order chi connectivity index (χ0) is 27.9. The molecule has 0 unspecified atom stereocenters. The molecule has 0 aliphatic rings. The van der Waals surface area contributed by atoms with E-state index in [0.29, 0.717) is 16.8 Å². The molecule has 6 aromatic rings. The smallest absolute Gasteiger partial charge is 0.337 e. The van der Waals surface area contributed by atoms with Gasteiger partial charge in [-0.3, -0.25) is 9.97 Å². The van der Waals surface area contributed by atoms with Crippen LogP contribution in [0.15, 0.2) is 103 Å². The van der Waals surface area contributed by atoms with Gasteiger partial charge in [0.05, 0.1) is 22.2 Å². The maximum atomic E-state index is 10.9. The van der Waals surface area contributed by atoms with Crippen molar-refractivity contribution in [2.75, 3.05) is 0 Å². The summed E-state index contributed by atoms with van der Waals surface area (Å²) in [5.74, 6) is -1.55. The van der Waals surface area contributed by atoms with Crippen LogP contribution in [0.3, 0.4) is 0 Å². The van der Waals surface area contributed by atoms with Crippen molar-refractivity contribution in [3.8, 4) is 5.75 Å². The van der Waals surface area contributed by atoms with Crippen LogP contribution in [0.5, 0.6) is 5.75 Å². The fourth-order valence-corrected chi connectivity index (χ4v) is 4.01. The van der Waals surface area contributed by atoms with Crippen molar-refractivity contribution < 1.29 is 24.9 Å². The van der Waals surface area contributed by atoms with Crippen LogP contribution in [0.1, 0.15) is 32.1 Å². The zero-order valence-electron chi connectivity index (χ0n) is 21.9. The number of carboxylic acids is 2. The van der Waals surface area contributed by atoms with Gasteiger partial charge in [0.15, 0.2) is 0 Å². The van der Waals surface area contributed by atoms with Crippen LogP contribution < -0.4 is 0 Å². The second-order valence-corrected chi connectivity index (χ2v) is 8.80. The van der Waals surface area contributed by atoms with E-state index in [-0.39, 0.29) is 30.9 Å². The first-order valence-electron chi connectivity index (χ1n) is 12.1. The summed E-state index contributed by atoms with van der Waals surface area (Å²) in [5, 5.41) is 30.9. The average molecular weight is 588 g/mol. The predicted molar refractivity (Wildman–Crippen MR) is 158 cm³/mol. The first-order chi connectivity index (χ1) is 18.7. The van der Waals surface area contributed by atoms with E-state index in [2.05, 4.69) is 9.97 Å². The molecule has 2 heterocycles. The van der Waals surface area contributed by atoms with Crippen LogP contribution in [0, 0.1) is 13.8 Å². The van der Waals surface area contributed by atoms with Crippen LogP contribution in [-0.2, 0) is 0 Å². The van der Waals surface area contributed by atoms with E-state index in [9.17, 15) is 9.59 Å². The number of aryl methyl sites for hydroxylation is 2. The minimum Gasteiger partial charge on any atom is -0.508 e. The quantitative estimate of drug-likeness (QED) is 0.194. The molecule has 197 valence electrons. The van der Waals surface area contributed by atoms with Crippen molar-refractivity contribution in [1.82, 2.24) is 9.97 Å². The summed E-state index contributed by atoms with van der Waals surface area (Å²) < 4.78 is 0. The van der Waals surface area contributed by atoms with Gasteiger partial charge < -0.3 is 15.3 Å². The van der Waals surface area contributed by atoms with Crippen LogP contribution in [0.2, 0.25) is 0 Å². The Morgan fingerprint density at radius 2 is 0.975 bits per heavy atom. The van der Waals surface area contributed by atoms with Crippen molar-refractivity contribution in [2.45, 2.75) is 13.8 Å². The third kappa shape index (κ3) is 7.25. The van der Waals surface area contributed by atoms with Crippen LogP contribution in [0.4, 0.5) is 0 Å². The zero-order valence-corrected chi connectivity index (χ0v) is 24.4. The number of aromatic carboxylic acids is 2. The number of aromatic hydroxyl groups is 1. The van der Waals surface area contributed by atoms with E-state index in [1.807, 2.05) is 80.6 Å². The Kier molecular flexibility index (Phi) is 10.0. The molecule has 0 atom stereocenters. The molecule has 0 saturated heterocycles. The molecule has 0 bridgehead atoms. The molecule has 4 aromatic carbocycles.